The van der Waals surface area contributed by atoms with Gasteiger partial charge in [-0.15, -0.1) is 0 Å². The van der Waals surface area contributed by atoms with E-state index in [4.69, 9.17) is 15.0 Å². The summed E-state index contributed by atoms with van der Waals surface area (Å²) in [7, 11) is 0. The molecule has 0 bridgehead atoms. The van der Waals surface area contributed by atoms with Crippen molar-refractivity contribution in [2.45, 2.75) is 6.61 Å². The number of anilines is 1. The Morgan fingerprint density at radius 3 is 2.85 bits per heavy atom. The lowest BCUT2D eigenvalue weighted by Gasteiger charge is -2.04. The molecule has 0 amide bonds. The van der Waals surface area contributed by atoms with Gasteiger partial charge in [-0.3, -0.25) is 0 Å². The highest BCUT2D eigenvalue weighted by Gasteiger charge is 2.18. The van der Waals surface area contributed by atoms with E-state index in [1.807, 2.05) is 30.3 Å². The Kier molecular flexibility index (Phi) is 3.04. The van der Waals surface area contributed by atoms with Gasteiger partial charge in [0.15, 0.2) is 11.5 Å². The van der Waals surface area contributed by atoms with E-state index >= 15 is 0 Å². The van der Waals surface area contributed by atoms with Crippen molar-refractivity contribution in [3.8, 4) is 0 Å². The van der Waals surface area contributed by atoms with Gasteiger partial charge in [0.25, 0.3) is 0 Å². The van der Waals surface area contributed by atoms with E-state index in [0.29, 0.717) is 5.39 Å². The van der Waals surface area contributed by atoms with Crippen molar-refractivity contribution < 1.29 is 14.1 Å². The minimum Gasteiger partial charge on any atom is -0.456 e. The Bertz CT molecular complexity index is 753. The Morgan fingerprint density at radius 2 is 2.05 bits per heavy atom. The molecule has 2 aromatic heterocycles. The molecule has 20 heavy (non-hydrogen) atoms. The van der Waals surface area contributed by atoms with Crippen LogP contribution in [0.15, 0.2) is 47.1 Å². The maximum atomic E-state index is 12.0. The number of pyridine rings is 1. The zero-order valence-corrected chi connectivity index (χ0v) is 10.4. The molecule has 0 spiro atoms. The van der Waals surface area contributed by atoms with Crippen LogP contribution in [-0.2, 0) is 11.3 Å². The number of hydrogen-bond acceptors (Lipinski definition) is 6. The molecule has 0 aliphatic carbocycles. The van der Waals surface area contributed by atoms with Crippen molar-refractivity contribution in [3.63, 3.8) is 0 Å². The van der Waals surface area contributed by atoms with Crippen molar-refractivity contribution in [1.82, 2.24) is 10.1 Å². The van der Waals surface area contributed by atoms with Crippen molar-refractivity contribution in [2.75, 3.05) is 5.73 Å². The average Bonchev–Trinajstić information content (AvgIpc) is 2.87. The molecule has 6 nitrogen and oxygen atoms in total. The molecular formula is C14H11N3O3. The Balaban J connectivity index is 1.82. The molecule has 0 atom stereocenters. The molecule has 2 heterocycles. The molecule has 1 aromatic carbocycles. The minimum atomic E-state index is -0.574. The second-order valence-electron chi connectivity index (χ2n) is 4.17. The van der Waals surface area contributed by atoms with Crippen LogP contribution in [0.4, 0.5) is 5.82 Å². The van der Waals surface area contributed by atoms with Crippen LogP contribution < -0.4 is 5.73 Å². The normalized spacial score (nSPS) is 10.6. The Morgan fingerprint density at radius 1 is 1.25 bits per heavy atom. The number of nitrogens with zero attached hydrogens (tertiary/aromatic N) is 2. The molecule has 0 aliphatic heterocycles. The molecule has 2 N–H and O–H groups in total. The number of esters is 1. The number of carbonyl (C=O) groups excluding carboxylic acids is 1. The first-order chi connectivity index (χ1) is 9.75. The van der Waals surface area contributed by atoms with Gasteiger partial charge >= 0.3 is 5.97 Å². The second-order valence-corrected chi connectivity index (χ2v) is 4.17. The molecule has 0 unspecified atom stereocenters. The molecular weight excluding hydrogens is 258 g/mol. The van der Waals surface area contributed by atoms with Gasteiger partial charge in [-0.1, -0.05) is 35.5 Å². The van der Waals surface area contributed by atoms with Gasteiger partial charge in [0.1, 0.15) is 6.61 Å². The van der Waals surface area contributed by atoms with Crippen molar-refractivity contribution in [1.29, 1.82) is 0 Å². The standard InChI is InChI=1S/C14H11N3O3/c15-13-10-6-7-16-11(12(10)20-17-13)14(18)19-8-9-4-2-1-3-5-9/h1-7H,8H2,(H2,15,17). The van der Waals surface area contributed by atoms with Crippen LogP contribution in [0.5, 0.6) is 0 Å². The van der Waals surface area contributed by atoms with Crippen LogP contribution in [0.1, 0.15) is 16.1 Å². The number of nitrogens with two attached hydrogens (primary N) is 1. The lowest BCUT2D eigenvalue weighted by Crippen LogP contribution is -2.07. The summed E-state index contributed by atoms with van der Waals surface area (Å²) in [5.41, 5.74) is 6.83. The highest BCUT2D eigenvalue weighted by atomic mass is 16.5. The van der Waals surface area contributed by atoms with E-state index in [-0.39, 0.29) is 23.7 Å². The van der Waals surface area contributed by atoms with Gasteiger partial charge in [-0.2, -0.15) is 0 Å². The third-order valence-corrected chi connectivity index (χ3v) is 2.82. The van der Waals surface area contributed by atoms with Crippen molar-refractivity contribution in [3.05, 3.63) is 53.9 Å². The first-order valence-electron chi connectivity index (χ1n) is 5.96. The van der Waals surface area contributed by atoms with Gasteiger partial charge in [0.2, 0.25) is 5.58 Å². The van der Waals surface area contributed by atoms with Crippen LogP contribution in [-0.4, -0.2) is 16.1 Å². The third-order valence-electron chi connectivity index (χ3n) is 2.82. The van der Waals surface area contributed by atoms with Crippen molar-refractivity contribution >= 4 is 22.8 Å². The summed E-state index contributed by atoms with van der Waals surface area (Å²) in [6.07, 6.45) is 1.47. The highest BCUT2D eigenvalue weighted by molar-refractivity contribution is 6.02. The molecule has 0 saturated heterocycles. The fraction of sp³-hybridized carbons (Fsp3) is 0.0714. The van der Waals surface area contributed by atoms with Crippen LogP contribution in [0.3, 0.4) is 0 Å². The molecule has 3 aromatic rings. The fourth-order valence-electron chi connectivity index (χ4n) is 1.82. The summed E-state index contributed by atoms with van der Waals surface area (Å²) in [4.78, 5) is 16.0. The monoisotopic (exact) mass is 269 g/mol. The highest BCUT2D eigenvalue weighted by Crippen LogP contribution is 2.22. The minimum absolute atomic E-state index is 0.0719. The topological polar surface area (TPSA) is 91.2 Å². The van der Waals surface area contributed by atoms with Crippen molar-refractivity contribution in [2.24, 2.45) is 0 Å². The largest absolute Gasteiger partial charge is 0.456 e. The van der Waals surface area contributed by atoms with E-state index < -0.39 is 5.97 Å². The number of aromatic nitrogens is 2. The van der Waals surface area contributed by atoms with E-state index in [2.05, 4.69) is 10.1 Å². The number of ether oxygens (including phenoxy) is 1. The van der Waals surface area contributed by atoms with Crippen LogP contribution in [0.2, 0.25) is 0 Å². The van der Waals surface area contributed by atoms with E-state index in [9.17, 15) is 4.79 Å². The first kappa shape index (κ1) is 12.2. The smallest absolute Gasteiger partial charge is 0.361 e. The fourth-order valence-corrected chi connectivity index (χ4v) is 1.82. The van der Waals surface area contributed by atoms with Crippen LogP contribution in [0.25, 0.3) is 11.0 Å². The molecule has 0 aliphatic rings. The lowest BCUT2D eigenvalue weighted by atomic mass is 10.2. The maximum Gasteiger partial charge on any atom is 0.361 e. The van der Waals surface area contributed by atoms with Gasteiger partial charge in [0, 0.05) is 6.20 Å². The molecule has 6 heteroatoms. The van der Waals surface area contributed by atoms with Gasteiger partial charge in [-0.25, -0.2) is 9.78 Å². The first-order valence-corrected chi connectivity index (χ1v) is 5.96. The number of hydrogen-bond donors (Lipinski definition) is 1. The van der Waals surface area contributed by atoms with Gasteiger partial charge < -0.3 is 15.0 Å². The number of rotatable bonds is 3. The summed E-state index contributed by atoms with van der Waals surface area (Å²) in [6, 6.07) is 11.0. The lowest BCUT2D eigenvalue weighted by molar-refractivity contribution is 0.0466. The number of benzene rings is 1. The quantitative estimate of drug-likeness (QED) is 0.732. The molecule has 0 saturated carbocycles. The van der Waals surface area contributed by atoms with E-state index in [1.54, 1.807) is 6.07 Å². The number of fused-ring (bicyclic) bond motifs is 1. The summed E-state index contributed by atoms with van der Waals surface area (Å²) in [6.45, 7) is 0.168. The second kappa shape index (κ2) is 5.00. The predicted octanol–water partition coefficient (Wildman–Crippen LogP) is 2.16. The number of nitrogen functional groups attached to an aromatic ring is 1. The molecule has 3 rings (SSSR count). The molecule has 0 radical (unpaired) electrons. The summed E-state index contributed by atoms with van der Waals surface area (Å²) < 4.78 is 10.2. The number of carbonyl (C=O) groups is 1. The summed E-state index contributed by atoms with van der Waals surface area (Å²) in [5.74, 6) is -0.352. The van der Waals surface area contributed by atoms with E-state index in [0.717, 1.165) is 5.56 Å². The average molecular weight is 269 g/mol. The van der Waals surface area contributed by atoms with Crippen LogP contribution >= 0.6 is 0 Å². The van der Waals surface area contributed by atoms with E-state index in [1.165, 1.54) is 6.20 Å². The maximum absolute atomic E-state index is 12.0. The summed E-state index contributed by atoms with van der Waals surface area (Å²) >= 11 is 0. The van der Waals surface area contributed by atoms with Gasteiger partial charge in [-0.05, 0) is 11.6 Å². The molecule has 0 fully saturated rings. The Hall–Kier alpha value is -2.89. The van der Waals surface area contributed by atoms with Crippen LogP contribution in [0, 0.1) is 0 Å². The van der Waals surface area contributed by atoms with Gasteiger partial charge in [0.05, 0.1) is 5.39 Å². The SMILES string of the molecule is Nc1noc2c(C(=O)OCc3ccccc3)nccc12. The third kappa shape index (κ3) is 2.18. The predicted molar refractivity (Wildman–Crippen MR) is 71.8 cm³/mol. The molecule has 100 valence electrons. The Labute approximate surface area is 114 Å². The zero-order chi connectivity index (χ0) is 13.9. The zero-order valence-electron chi connectivity index (χ0n) is 10.4. The summed E-state index contributed by atoms with van der Waals surface area (Å²) in [5, 5.41) is 4.16.